The standard InChI is InChI=1S/C14H14ClN3/c1-4-11-12(6-5-10(7-16)14(11)15)13-8(2)17-18-9(13)3/h5-6H,4H2,1-3H3,(H,17,18). The zero-order valence-electron chi connectivity index (χ0n) is 10.6. The second kappa shape index (κ2) is 4.83. The Kier molecular flexibility index (Phi) is 3.40. The van der Waals surface area contributed by atoms with Crippen LogP contribution in [0.5, 0.6) is 0 Å². The molecule has 3 nitrogen and oxygen atoms in total. The quantitative estimate of drug-likeness (QED) is 0.892. The molecule has 0 aliphatic carbocycles. The van der Waals surface area contributed by atoms with Gasteiger partial charge in [-0.1, -0.05) is 24.6 Å². The second-order valence-electron chi connectivity index (χ2n) is 4.23. The Morgan fingerprint density at radius 3 is 2.61 bits per heavy atom. The number of aromatic nitrogens is 2. The lowest BCUT2D eigenvalue weighted by Crippen LogP contribution is -1.94. The normalized spacial score (nSPS) is 10.4. The number of aryl methyl sites for hydroxylation is 2. The second-order valence-corrected chi connectivity index (χ2v) is 4.61. The van der Waals surface area contributed by atoms with Crippen molar-refractivity contribution in [3.05, 3.63) is 39.7 Å². The van der Waals surface area contributed by atoms with E-state index in [1.54, 1.807) is 6.07 Å². The minimum atomic E-state index is 0.524. The Bertz CT molecular complexity index is 616. The van der Waals surface area contributed by atoms with E-state index in [0.29, 0.717) is 10.6 Å². The van der Waals surface area contributed by atoms with Crippen LogP contribution in [0, 0.1) is 25.2 Å². The fraction of sp³-hybridized carbons (Fsp3) is 0.286. The van der Waals surface area contributed by atoms with Crippen molar-refractivity contribution in [3.63, 3.8) is 0 Å². The number of H-pyrrole nitrogens is 1. The maximum Gasteiger partial charge on any atom is 0.101 e. The fourth-order valence-corrected chi connectivity index (χ4v) is 2.58. The van der Waals surface area contributed by atoms with Gasteiger partial charge in [-0.2, -0.15) is 10.4 Å². The number of hydrogen-bond acceptors (Lipinski definition) is 2. The van der Waals surface area contributed by atoms with Crippen LogP contribution in [0.2, 0.25) is 5.02 Å². The molecule has 0 saturated carbocycles. The Morgan fingerprint density at radius 2 is 2.11 bits per heavy atom. The van der Waals surface area contributed by atoms with Gasteiger partial charge in [0.15, 0.2) is 0 Å². The number of hydrogen-bond donors (Lipinski definition) is 1. The Hall–Kier alpha value is -1.79. The molecule has 92 valence electrons. The first-order valence-electron chi connectivity index (χ1n) is 5.83. The molecule has 0 radical (unpaired) electrons. The first-order chi connectivity index (χ1) is 8.60. The van der Waals surface area contributed by atoms with E-state index < -0.39 is 0 Å². The molecule has 1 aromatic heterocycles. The van der Waals surface area contributed by atoms with Crippen LogP contribution in [0.4, 0.5) is 0 Å². The lowest BCUT2D eigenvalue weighted by molar-refractivity contribution is 1.02. The third-order valence-corrected chi connectivity index (χ3v) is 3.55. The Balaban J connectivity index is 2.74. The zero-order valence-corrected chi connectivity index (χ0v) is 11.4. The fourth-order valence-electron chi connectivity index (χ4n) is 2.24. The van der Waals surface area contributed by atoms with Crippen molar-refractivity contribution < 1.29 is 0 Å². The van der Waals surface area contributed by atoms with E-state index in [9.17, 15) is 0 Å². The van der Waals surface area contributed by atoms with Gasteiger partial charge in [0.2, 0.25) is 0 Å². The lowest BCUT2D eigenvalue weighted by atomic mass is 9.95. The predicted octanol–water partition coefficient (Wildman–Crippen LogP) is 3.78. The van der Waals surface area contributed by atoms with Crippen LogP contribution in [0.1, 0.15) is 29.4 Å². The van der Waals surface area contributed by atoms with Crippen LogP contribution < -0.4 is 0 Å². The van der Waals surface area contributed by atoms with E-state index in [-0.39, 0.29) is 0 Å². The van der Waals surface area contributed by atoms with Gasteiger partial charge in [-0.3, -0.25) is 5.10 Å². The topological polar surface area (TPSA) is 52.5 Å². The average Bonchev–Trinajstić information content (AvgIpc) is 2.69. The van der Waals surface area contributed by atoms with E-state index in [1.807, 2.05) is 26.8 Å². The molecule has 2 rings (SSSR count). The highest BCUT2D eigenvalue weighted by Crippen LogP contribution is 2.34. The minimum absolute atomic E-state index is 0.524. The van der Waals surface area contributed by atoms with Gasteiger partial charge in [0.25, 0.3) is 0 Å². The summed E-state index contributed by atoms with van der Waals surface area (Å²) in [6.45, 7) is 5.99. The molecular formula is C14H14ClN3. The summed E-state index contributed by atoms with van der Waals surface area (Å²) >= 11 is 6.28. The maximum atomic E-state index is 9.02. The van der Waals surface area contributed by atoms with Gasteiger partial charge in [0.05, 0.1) is 16.3 Å². The number of benzene rings is 1. The monoisotopic (exact) mass is 259 g/mol. The van der Waals surface area contributed by atoms with E-state index >= 15 is 0 Å². The minimum Gasteiger partial charge on any atom is -0.282 e. The highest BCUT2D eigenvalue weighted by Gasteiger charge is 2.16. The number of aromatic amines is 1. The molecular weight excluding hydrogens is 246 g/mol. The summed E-state index contributed by atoms with van der Waals surface area (Å²) < 4.78 is 0. The third-order valence-electron chi connectivity index (χ3n) is 3.11. The summed E-state index contributed by atoms with van der Waals surface area (Å²) in [5.41, 5.74) is 5.63. The van der Waals surface area contributed by atoms with E-state index in [2.05, 4.69) is 16.3 Å². The van der Waals surface area contributed by atoms with Gasteiger partial charge >= 0.3 is 0 Å². The van der Waals surface area contributed by atoms with Crippen molar-refractivity contribution >= 4 is 11.6 Å². The molecule has 0 unspecified atom stereocenters. The van der Waals surface area contributed by atoms with Crippen LogP contribution >= 0.6 is 11.6 Å². The zero-order chi connectivity index (χ0) is 13.3. The van der Waals surface area contributed by atoms with Gasteiger partial charge in [0, 0.05) is 11.3 Å². The molecule has 0 saturated heterocycles. The molecule has 0 fully saturated rings. The molecule has 0 aliphatic rings. The van der Waals surface area contributed by atoms with Gasteiger partial charge in [0.1, 0.15) is 6.07 Å². The largest absolute Gasteiger partial charge is 0.282 e. The molecule has 0 amide bonds. The lowest BCUT2D eigenvalue weighted by Gasteiger charge is -2.11. The first-order valence-corrected chi connectivity index (χ1v) is 6.21. The molecule has 2 aromatic rings. The summed E-state index contributed by atoms with van der Waals surface area (Å²) in [6.07, 6.45) is 0.785. The molecule has 0 atom stereocenters. The first kappa shape index (κ1) is 12.7. The molecule has 0 bridgehead atoms. The molecule has 1 heterocycles. The van der Waals surface area contributed by atoms with Crippen LogP contribution in [0.3, 0.4) is 0 Å². The van der Waals surface area contributed by atoms with Crippen LogP contribution in [0.15, 0.2) is 12.1 Å². The molecule has 1 N–H and O–H groups in total. The SMILES string of the molecule is CCc1c(-c2c(C)n[nH]c2C)ccc(C#N)c1Cl. The van der Waals surface area contributed by atoms with Crippen molar-refractivity contribution in [2.24, 2.45) is 0 Å². The van der Waals surface area contributed by atoms with E-state index in [0.717, 1.165) is 34.5 Å². The third kappa shape index (κ3) is 1.89. The van der Waals surface area contributed by atoms with Gasteiger partial charge in [-0.15, -0.1) is 0 Å². The average molecular weight is 260 g/mol. The Morgan fingerprint density at radius 1 is 1.39 bits per heavy atom. The van der Waals surface area contributed by atoms with Gasteiger partial charge in [-0.05, 0) is 37.5 Å². The Labute approximate surface area is 111 Å². The van der Waals surface area contributed by atoms with Crippen molar-refractivity contribution in [1.82, 2.24) is 10.2 Å². The summed E-state index contributed by atoms with van der Waals surface area (Å²) in [7, 11) is 0. The van der Waals surface area contributed by atoms with Crippen LogP contribution in [-0.4, -0.2) is 10.2 Å². The molecule has 4 heteroatoms. The summed E-state index contributed by atoms with van der Waals surface area (Å²) in [6, 6.07) is 5.84. The molecule has 1 aromatic carbocycles. The van der Waals surface area contributed by atoms with Crippen LogP contribution in [0.25, 0.3) is 11.1 Å². The van der Waals surface area contributed by atoms with Gasteiger partial charge in [-0.25, -0.2) is 0 Å². The molecule has 18 heavy (non-hydrogen) atoms. The van der Waals surface area contributed by atoms with E-state index in [1.165, 1.54) is 0 Å². The van der Waals surface area contributed by atoms with Crippen molar-refractivity contribution in [1.29, 1.82) is 5.26 Å². The van der Waals surface area contributed by atoms with Gasteiger partial charge < -0.3 is 0 Å². The summed E-state index contributed by atoms with van der Waals surface area (Å²) in [5.74, 6) is 0. The molecule has 0 spiro atoms. The summed E-state index contributed by atoms with van der Waals surface area (Å²) in [5, 5.41) is 16.8. The maximum absolute atomic E-state index is 9.02. The molecule has 0 aliphatic heterocycles. The number of nitriles is 1. The summed E-state index contributed by atoms with van der Waals surface area (Å²) in [4.78, 5) is 0. The highest BCUT2D eigenvalue weighted by molar-refractivity contribution is 6.33. The van der Waals surface area contributed by atoms with Crippen molar-refractivity contribution in [2.75, 3.05) is 0 Å². The number of halogens is 1. The highest BCUT2D eigenvalue weighted by atomic mass is 35.5. The predicted molar refractivity (Wildman–Crippen MR) is 72.6 cm³/mol. The number of nitrogens with zero attached hydrogens (tertiary/aromatic N) is 2. The van der Waals surface area contributed by atoms with Crippen molar-refractivity contribution in [3.8, 4) is 17.2 Å². The van der Waals surface area contributed by atoms with Crippen molar-refractivity contribution in [2.45, 2.75) is 27.2 Å². The number of nitrogens with one attached hydrogen (secondary N) is 1. The number of rotatable bonds is 2. The smallest absolute Gasteiger partial charge is 0.101 e. The van der Waals surface area contributed by atoms with Crippen LogP contribution in [-0.2, 0) is 6.42 Å². The van der Waals surface area contributed by atoms with E-state index in [4.69, 9.17) is 16.9 Å².